The van der Waals surface area contributed by atoms with Crippen LogP contribution in [0.1, 0.15) is 38.2 Å². The highest BCUT2D eigenvalue weighted by molar-refractivity contribution is 14.1. The monoisotopic (exact) mass is 373 g/mol. The normalized spacial score (nSPS) is 21.3. The molecule has 0 spiro atoms. The van der Waals surface area contributed by atoms with Crippen molar-refractivity contribution in [1.82, 2.24) is 5.32 Å². The van der Waals surface area contributed by atoms with Gasteiger partial charge in [0.25, 0.3) is 0 Å². The van der Waals surface area contributed by atoms with Gasteiger partial charge >= 0.3 is 0 Å². The summed E-state index contributed by atoms with van der Waals surface area (Å²) in [6, 6.07) is 9.32. The molecule has 1 N–H and O–H groups in total. The molecule has 2 nitrogen and oxygen atoms in total. The van der Waals surface area contributed by atoms with Gasteiger partial charge in [-0.25, -0.2) is 0 Å². The predicted molar refractivity (Wildman–Crippen MR) is 88.5 cm³/mol. The van der Waals surface area contributed by atoms with Crippen LogP contribution < -0.4 is 5.32 Å². The molecule has 0 radical (unpaired) electrons. The second kappa shape index (κ2) is 8.22. The van der Waals surface area contributed by atoms with Crippen molar-refractivity contribution in [2.45, 2.75) is 51.2 Å². The largest absolute Gasteiger partial charge is 0.377 e. The average Bonchev–Trinajstić information content (AvgIpc) is 2.46. The van der Waals surface area contributed by atoms with Crippen LogP contribution in [0.25, 0.3) is 0 Å². The van der Waals surface area contributed by atoms with Gasteiger partial charge in [0.2, 0.25) is 0 Å². The van der Waals surface area contributed by atoms with Gasteiger partial charge in [0.15, 0.2) is 0 Å². The van der Waals surface area contributed by atoms with Crippen LogP contribution in [-0.4, -0.2) is 25.3 Å². The fourth-order valence-corrected chi connectivity index (χ4v) is 2.98. The molecule has 1 aromatic rings. The first-order chi connectivity index (χ1) is 9.29. The maximum Gasteiger partial charge on any atom is 0.0731 e. The van der Waals surface area contributed by atoms with E-state index in [-0.39, 0.29) is 0 Å². The molecule has 2 rings (SSSR count). The van der Waals surface area contributed by atoms with Gasteiger partial charge in [0, 0.05) is 16.2 Å². The van der Waals surface area contributed by atoms with Crippen LogP contribution >= 0.6 is 22.6 Å². The second-order valence-electron chi connectivity index (χ2n) is 5.30. The first-order valence-electron chi connectivity index (χ1n) is 7.39. The number of nitrogens with one attached hydrogen (secondary N) is 1. The first kappa shape index (κ1) is 15.3. The fraction of sp³-hybridized carbons (Fsp3) is 0.625. The van der Waals surface area contributed by atoms with Crippen molar-refractivity contribution in [3.8, 4) is 0 Å². The Bertz CT molecular complexity index is 360. The van der Waals surface area contributed by atoms with E-state index in [1.54, 1.807) is 0 Å². The molecule has 1 aliphatic heterocycles. The van der Waals surface area contributed by atoms with Crippen molar-refractivity contribution < 1.29 is 4.74 Å². The number of benzene rings is 1. The molecule has 1 aliphatic rings. The van der Waals surface area contributed by atoms with Gasteiger partial charge in [-0.05, 0) is 78.9 Å². The van der Waals surface area contributed by atoms with Crippen LogP contribution in [0.4, 0.5) is 0 Å². The van der Waals surface area contributed by atoms with E-state index in [4.69, 9.17) is 4.74 Å². The molecule has 0 amide bonds. The van der Waals surface area contributed by atoms with E-state index in [0.29, 0.717) is 12.1 Å². The fourth-order valence-electron chi connectivity index (χ4n) is 2.62. The zero-order valence-electron chi connectivity index (χ0n) is 11.7. The summed E-state index contributed by atoms with van der Waals surface area (Å²) in [5.41, 5.74) is 1.41. The summed E-state index contributed by atoms with van der Waals surface area (Å²) in [6.45, 7) is 4.23. The minimum atomic E-state index is 0.388. The van der Waals surface area contributed by atoms with Gasteiger partial charge in [-0.2, -0.15) is 0 Å². The SMILES string of the molecule is CCCNC(Cc1ccc(I)cc1)C1CCCCO1. The third-order valence-electron chi connectivity index (χ3n) is 3.69. The van der Waals surface area contributed by atoms with Crippen LogP contribution in [0.5, 0.6) is 0 Å². The van der Waals surface area contributed by atoms with Gasteiger partial charge in [0.1, 0.15) is 0 Å². The topological polar surface area (TPSA) is 21.3 Å². The summed E-state index contributed by atoms with van der Waals surface area (Å²) in [4.78, 5) is 0. The molecule has 0 aliphatic carbocycles. The van der Waals surface area contributed by atoms with Crippen molar-refractivity contribution in [3.05, 3.63) is 33.4 Å². The molecule has 0 aromatic heterocycles. The van der Waals surface area contributed by atoms with E-state index < -0.39 is 0 Å². The van der Waals surface area contributed by atoms with E-state index in [1.165, 1.54) is 34.8 Å². The molecular weight excluding hydrogens is 349 g/mol. The van der Waals surface area contributed by atoms with E-state index in [9.17, 15) is 0 Å². The lowest BCUT2D eigenvalue weighted by Gasteiger charge is -2.31. The molecule has 1 heterocycles. The second-order valence-corrected chi connectivity index (χ2v) is 6.54. The summed E-state index contributed by atoms with van der Waals surface area (Å²) in [6.07, 6.45) is 6.37. The summed E-state index contributed by atoms with van der Waals surface area (Å²) < 4.78 is 7.27. The van der Waals surface area contributed by atoms with Crippen LogP contribution in [-0.2, 0) is 11.2 Å². The van der Waals surface area contributed by atoms with E-state index >= 15 is 0 Å². The lowest BCUT2D eigenvalue weighted by atomic mass is 9.96. The first-order valence-corrected chi connectivity index (χ1v) is 8.47. The Balaban J connectivity index is 1.97. The summed E-state index contributed by atoms with van der Waals surface area (Å²) >= 11 is 2.36. The van der Waals surface area contributed by atoms with Gasteiger partial charge in [-0.15, -0.1) is 0 Å². The molecule has 2 atom stereocenters. The van der Waals surface area contributed by atoms with Crippen molar-refractivity contribution in [2.75, 3.05) is 13.2 Å². The van der Waals surface area contributed by atoms with Gasteiger partial charge in [0.05, 0.1) is 6.10 Å². The Morgan fingerprint density at radius 2 is 2.11 bits per heavy atom. The van der Waals surface area contributed by atoms with Crippen LogP contribution in [0.2, 0.25) is 0 Å². The van der Waals surface area contributed by atoms with Crippen LogP contribution in [0.3, 0.4) is 0 Å². The number of hydrogen-bond acceptors (Lipinski definition) is 2. The lowest BCUT2D eigenvalue weighted by Crippen LogP contribution is -2.44. The quantitative estimate of drug-likeness (QED) is 0.767. The Kier molecular flexibility index (Phi) is 6.61. The van der Waals surface area contributed by atoms with Gasteiger partial charge < -0.3 is 10.1 Å². The highest BCUT2D eigenvalue weighted by Crippen LogP contribution is 2.19. The van der Waals surface area contributed by atoms with Crippen LogP contribution in [0, 0.1) is 3.57 Å². The maximum absolute atomic E-state index is 5.97. The van der Waals surface area contributed by atoms with Gasteiger partial charge in [-0.3, -0.25) is 0 Å². The van der Waals surface area contributed by atoms with Gasteiger partial charge in [-0.1, -0.05) is 19.1 Å². The van der Waals surface area contributed by atoms with Crippen molar-refractivity contribution in [3.63, 3.8) is 0 Å². The number of rotatable bonds is 6. The zero-order chi connectivity index (χ0) is 13.5. The Morgan fingerprint density at radius 1 is 1.32 bits per heavy atom. The van der Waals surface area contributed by atoms with E-state index in [2.05, 4.69) is 59.1 Å². The molecule has 1 saturated heterocycles. The summed E-state index contributed by atoms with van der Waals surface area (Å²) in [7, 11) is 0. The smallest absolute Gasteiger partial charge is 0.0731 e. The lowest BCUT2D eigenvalue weighted by molar-refractivity contribution is -0.00737. The molecule has 19 heavy (non-hydrogen) atoms. The molecule has 3 heteroatoms. The van der Waals surface area contributed by atoms with Crippen molar-refractivity contribution in [1.29, 1.82) is 0 Å². The predicted octanol–water partition coefficient (Wildman–Crippen LogP) is 3.77. The number of halogens is 1. The number of hydrogen-bond donors (Lipinski definition) is 1. The molecule has 0 bridgehead atoms. The molecule has 1 fully saturated rings. The molecule has 2 unspecified atom stereocenters. The maximum atomic E-state index is 5.97. The highest BCUT2D eigenvalue weighted by Gasteiger charge is 2.24. The Labute approximate surface area is 130 Å². The molecule has 106 valence electrons. The summed E-state index contributed by atoms with van der Waals surface area (Å²) in [5.74, 6) is 0. The zero-order valence-corrected chi connectivity index (χ0v) is 13.9. The standard InChI is InChI=1S/C16H24INO/c1-2-10-18-15(16-5-3-4-11-19-16)12-13-6-8-14(17)9-7-13/h6-9,15-16,18H,2-5,10-12H2,1H3. The van der Waals surface area contributed by atoms with E-state index in [1.807, 2.05) is 0 Å². The van der Waals surface area contributed by atoms with Crippen LogP contribution in [0.15, 0.2) is 24.3 Å². The molecule has 0 saturated carbocycles. The molecule has 1 aromatic carbocycles. The highest BCUT2D eigenvalue weighted by atomic mass is 127. The van der Waals surface area contributed by atoms with Crippen molar-refractivity contribution in [2.24, 2.45) is 0 Å². The Morgan fingerprint density at radius 3 is 2.74 bits per heavy atom. The van der Waals surface area contributed by atoms with Crippen molar-refractivity contribution >= 4 is 22.6 Å². The Hall–Kier alpha value is -0.130. The summed E-state index contributed by atoms with van der Waals surface area (Å²) in [5, 5.41) is 3.68. The average molecular weight is 373 g/mol. The minimum absolute atomic E-state index is 0.388. The molecular formula is C16H24INO. The minimum Gasteiger partial charge on any atom is -0.377 e. The number of ether oxygens (including phenoxy) is 1. The third-order valence-corrected chi connectivity index (χ3v) is 4.41. The van der Waals surface area contributed by atoms with E-state index in [0.717, 1.165) is 19.6 Å². The third kappa shape index (κ3) is 5.04.